The van der Waals surface area contributed by atoms with Gasteiger partial charge in [-0.2, -0.15) is 0 Å². The molecule has 2 bridgehead atoms. The highest BCUT2D eigenvalue weighted by Crippen LogP contribution is 2.49. The lowest BCUT2D eigenvalue weighted by molar-refractivity contribution is 0.181. The average Bonchev–Trinajstić information content (AvgIpc) is 2.81. The normalized spacial score (nSPS) is 28.2. The largest absolute Gasteiger partial charge is 0.399 e. The van der Waals surface area contributed by atoms with Gasteiger partial charge < -0.3 is 9.94 Å². The first-order chi connectivity index (χ1) is 10.6. The summed E-state index contributed by atoms with van der Waals surface area (Å²) in [6, 6.07) is 6.59. The number of hydrogen-bond donors (Lipinski definition) is 1. The Labute approximate surface area is 134 Å². The highest BCUT2D eigenvalue weighted by molar-refractivity contribution is 8.01. The van der Waals surface area contributed by atoms with E-state index in [0.29, 0.717) is 5.25 Å². The van der Waals surface area contributed by atoms with Crippen LogP contribution in [0.1, 0.15) is 31.7 Å². The molecule has 0 radical (unpaired) electrons. The Kier molecular flexibility index (Phi) is 4.54. The minimum atomic E-state index is -0.350. The Morgan fingerprint density at radius 1 is 1.41 bits per heavy atom. The zero-order valence-electron chi connectivity index (χ0n) is 12.8. The van der Waals surface area contributed by atoms with Crippen molar-refractivity contribution in [2.75, 3.05) is 7.11 Å². The first kappa shape index (κ1) is 15.6. The van der Waals surface area contributed by atoms with E-state index < -0.39 is 0 Å². The molecule has 22 heavy (non-hydrogen) atoms. The predicted octanol–water partition coefficient (Wildman–Crippen LogP) is 3.63. The Balaban J connectivity index is 2.12. The monoisotopic (exact) mass is 321 g/mol. The third-order valence-electron chi connectivity index (χ3n) is 4.27. The SMILES string of the molecule is CCC(=NOC)C1=C(c2ccc(F)cc2)CC2CC(O)[C@H]1S2. The number of oxime groups is 1. The van der Waals surface area contributed by atoms with E-state index in [0.717, 1.165) is 36.1 Å². The third-order valence-corrected chi connectivity index (χ3v) is 5.86. The summed E-state index contributed by atoms with van der Waals surface area (Å²) in [5.41, 5.74) is 4.13. The van der Waals surface area contributed by atoms with Crippen LogP contribution in [0.2, 0.25) is 0 Å². The fourth-order valence-corrected chi connectivity index (χ4v) is 5.02. The minimum absolute atomic E-state index is 0.0349. The van der Waals surface area contributed by atoms with Crippen LogP contribution >= 0.6 is 11.8 Å². The van der Waals surface area contributed by atoms with Crippen molar-refractivity contribution < 1.29 is 14.3 Å². The number of thioether (sulfide) groups is 1. The molecule has 2 aliphatic rings. The molecule has 3 nitrogen and oxygen atoms in total. The van der Waals surface area contributed by atoms with E-state index in [1.165, 1.54) is 24.8 Å². The molecule has 2 heterocycles. The molecule has 1 aromatic carbocycles. The lowest BCUT2D eigenvalue weighted by Crippen LogP contribution is -2.26. The minimum Gasteiger partial charge on any atom is -0.399 e. The molecule has 5 heteroatoms. The summed E-state index contributed by atoms with van der Waals surface area (Å²) in [7, 11) is 1.54. The first-order valence-corrected chi connectivity index (χ1v) is 8.51. The number of aliphatic hydroxyl groups excluding tert-OH is 1. The summed E-state index contributed by atoms with van der Waals surface area (Å²) in [5.74, 6) is -0.236. The molecule has 1 N–H and O–H groups in total. The van der Waals surface area contributed by atoms with E-state index in [-0.39, 0.29) is 17.2 Å². The molecule has 0 amide bonds. The maximum atomic E-state index is 13.2. The molecule has 0 spiro atoms. The molecule has 3 rings (SSSR count). The molecule has 0 aliphatic carbocycles. The lowest BCUT2D eigenvalue weighted by Gasteiger charge is -2.27. The molecule has 1 fully saturated rings. The maximum Gasteiger partial charge on any atom is 0.123 e. The van der Waals surface area contributed by atoms with Crippen LogP contribution < -0.4 is 0 Å². The lowest BCUT2D eigenvalue weighted by atomic mass is 9.91. The number of allylic oxidation sites excluding steroid dienone is 1. The second-order valence-corrected chi connectivity index (χ2v) is 7.11. The zero-order valence-corrected chi connectivity index (χ0v) is 13.6. The van der Waals surface area contributed by atoms with Crippen LogP contribution in [0.4, 0.5) is 4.39 Å². The fourth-order valence-electron chi connectivity index (χ4n) is 3.32. The number of nitrogens with zero attached hydrogens (tertiary/aromatic N) is 1. The zero-order chi connectivity index (χ0) is 15.7. The summed E-state index contributed by atoms with van der Waals surface area (Å²) >= 11 is 1.82. The predicted molar refractivity (Wildman–Crippen MR) is 88.5 cm³/mol. The quantitative estimate of drug-likeness (QED) is 0.680. The Morgan fingerprint density at radius 3 is 2.77 bits per heavy atom. The van der Waals surface area contributed by atoms with Crippen LogP contribution in [0.25, 0.3) is 5.57 Å². The second kappa shape index (κ2) is 6.42. The standard InChI is InChI=1S/C17H20FNO2S/c1-3-14(19-21-2)16-13(10-4-6-11(18)7-5-10)8-12-9-15(20)17(16)22-12/h4-7,12,15,17,20H,3,8-9H2,1-2H3/t12?,15?,17-/m1/s1. The Morgan fingerprint density at radius 2 is 2.14 bits per heavy atom. The summed E-state index contributed by atoms with van der Waals surface area (Å²) < 4.78 is 13.2. The van der Waals surface area contributed by atoms with Crippen molar-refractivity contribution in [3.8, 4) is 0 Å². The second-order valence-electron chi connectivity index (χ2n) is 5.66. The Hall–Kier alpha value is -1.33. The van der Waals surface area contributed by atoms with Gasteiger partial charge in [0.25, 0.3) is 0 Å². The van der Waals surface area contributed by atoms with E-state index in [1.807, 2.05) is 30.8 Å². The van der Waals surface area contributed by atoms with E-state index in [9.17, 15) is 9.50 Å². The van der Waals surface area contributed by atoms with Crippen molar-refractivity contribution in [1.29, 1.82) is 0 Å². The van der Waals surface area contributed by atoms with Crippen LogP contribution in [0.15, 0.2) is 35.0 Å². The van der Waals surface area contributed by atoms with Crippen molar-refractivity contribution in [2.24, 2.45) is 5.16 Å². The first-order valence-electron chi connectivity index (χ1n) is 7.57. The van der Waals surface area contributed by atoms with E-state index in [4.69, 9.17) is 4.84 Å². The topological polar surface area (TPSA) is 41.8 Å². The van der Waals surface area contributed by atoms with Crippen molar-refractivity contribution in [1.82, 2.24) is 0 Å². The van der Waals surface area contributed by atoms with E-state index >= 15 is 0 Å². The van der Waals surface area contributed by atoms with E-state index in [1.54, 1.807) is 0 Å². The Bertz CT molecular complexity index is 612. The number of rotatable bonds is 4. The summed E-state index contributed by atoms with van der Waals surface area (Å²) in [4.78, 5) is 5.00. The average molecular weight is 321 g/mol. The molecule has 118 valence electrons. The van der Waals surface area contributed by atoms with Crippen LogP contribution in [0.3, 0.4) is 0 Å². The van der Waals surface area contributed by atoms with Gasteiger partial charge in [-0.15, -0.1) is 11.8 Å². The van der Waals surface area contributed by atoms with Gasteiger partial charge in [0, 0.05) is 5.25 Å². The number of benzene rings is 1. The fraction of sp³-hybridized carbons (Fsp3) is 0.471. The molecule has 1 aromatic rings. The van der Waals surface area contributed by atoms with Crippen molar-refractivity contribution >= 4 is 23.0 Å². The third kappa shape index (κ3) is 2.79. The molecule has 3 atom stereocenters. The van der Waals surface area contributed by atoms with Gasteiger partial charge in [-0.3, -0.25) is 0 Å². The van der Waals surface area contributed by atoms with Gasteiger partial charge in [-0.05, 0) is 48.1 Å². The number of halogens is 1. The van der Waals surface area contributed by atoms with Crippen LogP contribution in [0.5, 0.6) is 0 Å². The number of fused-ring (bicyclic) bond motifs is 2. The van der Waals surface area contributed by atoms with Gasteiger partial charge in [0.2, 0.25) is 0 Å². The summed E-state index contributed by atoms with van der Waals surface area (Å²) in [5, 5.41) is 15.0. The van der Waals surface area contributed by atoms with Crippen LogP contribution in [0, 0.1) is 5.82 Å². The number of aliphatic hydroxyl groups is 1. The smallest absolute Gasteiger partial charge is 0.123 e. The molecular formula is C17H20FNO2S. The molecule has 2 aliphatic heterocycles. The van der Waals surface area contributed by atoms with Crippen LogP contribution in [-0.4, -0.2) is 34.5 Å². The molecule has 0 saturated carbocycles. The van der Waals surface area contributed by atoms with Crippen LogP contribution in [-0.2, 0) is 4.84 Å². The van der Waals surface area contributed by atoms with Gasteiger partial charge in [-0.25, -0.2) is 4.39 Å². The van der Waals surface area contributed by atoms with Crippen molar-refractivity contribution in [2.45, 2.75) is 42.8 Å². The molecular weight excluding hydrogens is 301 g/mol. The van der Waals surface area contributed by atoms with E-state index in [2.05, 4.69) is 5.16 Å². The summed E-state index contributed by atoms with van der Waals surface area (Å²) in [6.07, 6.45) is 2.06. The van der Waals surface area contributed by atoms with Crippen molar-refractivity contribution in [3.63, 3.8) is 0 Å². The van der Waals surface area contributed by atoms with Gasteiger partial charge in [0.05, 0.1) is 17.1 Å². The van der Waals surface area contributed by atoms with Crippen molar-refractivity contribution in [3.05, 3.63) is 41.2 Å². The maximum absolute atomic E-state index is 13.2. The van der Waals surface area contributed by atoms with Gasteiger partial charge in [0.15, 0.2) is 0 Å². The van der Waals surface area contributed by atoms with Gasteiger partial charge in [-0.1, -0.05) is 24.2 Å². The number of hydrogen-bond acceptors (Lipinski definition) is 4. The highest BCUT2D eigenvalue weighted by Gasteiger charge is 2.43. The molecule has 1 saturated heterocycles. The van der Waals surface area contributed by atoms with Gasteiger partial charge in [0.1, 0.15) is 12.9 Å². The summed E-state index contributed by atoms with van der Waals surface area (Å²) in [6.45, 7) is 2.03. The van der Waals surface area contributed by atoms with Gasteiger partial charge >= 0.3 is 0 Å². The molecule has 0 aromatic heterocycles. The molecule has 2 unspecified atom stereocenters. The highest BCUT2D eigenvalue weighted by atomic mass is 32.2.